The third-order valence-corrected chi connectivity index (χ3v) is 3.96. The number of rotatable bonds is 8. The van der Waals surface area contributed by atoms with E-state index in [-0.39, 0.29) is 13.2 Å². The van der Waals surface area contributed by atoms with Crippen LogP contribution in [0.25, 0.3) is 0 Å². The molecule has 6 nitrogen and oxygen atoms in total. The van der Waals surface area contributed by atoms with Crippen LogP contribution in [0.4, 0.5) is 4.79 Å². The second-order valence-electron chi connectivity index (χ2n) is 5.94. The highest BCUT2D eigenvalue weighted by molar-refractivity contribution is 5.80. The first-order valence-corrected chi connectivity index (χ1v) is 8.31. The first-order valence-electron chi connectivity index (χ1n) is 8.31. The Morgan fingerprint density at radius 1 is 0.962 bits per heavy atom. The molecule has 2 rings (SSSR count). The van der Waals surface area contributed by atoms with Gasteiger partial charge in [0.1, 0.15) is 6.61 Å². The average Bonchev–Trinajstić information content (AvgIpc) is 2.66. The number of likely N-dealkylation sites (N-methyl/N-ethyl adjacent to an activating group) is 1. The molecule has 0 spiro atoms. The number of nitrogens with zero attached hydrogens (tertiary/aromatic N) is 1. The van der Waals surface area contributed by atoms with Crippen molar-refractivity contribution in [1.29, 1.82) is 0 Å². The molecule has 0 aromatic heterocycles. The lowest BCUT2D eigenvalue weighted by Gasteiger charge is -2.29. The molecule has 0 fully saturated rings. The standard InChI is InChI=1S/C20H23NO5/c1-15(25-13-16-9-5-3-6-10-16)18(19(22)23)21(2)20(24)26-14-17-11-7-4-8-12-17/h3-12,15,18H,13-14H2,1-2H3,(H,22,23)/t15-,18+/m1/s1. The zero-order valence-corrected chi connectivity index (χ0v) is 14.9. The molecule has 2 aromatic carbocycles. The Hall–Kier alpha value is -2.86. The van der Waals surface area contributed by atoms with Crippen LogP contribution in [-0.4, -0.2) is 41.3 Å². The molecule has 2 aromatic rings. The van der Waals surface area contributed by atoms with E-state index in [1.807, 2.05) is 60.7 Å². The smallest absolute Gasteiger partial charge is 0.410 e. The van der Waals surface area contributed by atoms with E-state index in [2.05, 4.69) is 0 Å². The van der Waals surface area contributed by atoms with E-state index in [1.54, 1.807) is 6.92 Å². The van der Waals surface area contributed by atoms with Crippen LogP contribution in [0.2, 0.25) is 0 Å². The van der Waals surface area contributed by atoms with Crippen LogP contribution in [0.5, 0.6) is 0 Å². The lowest BCUT2D eigenvalue weighted by atomic mass is 10.1. The van der Waals surface area contributed by atoms with Crippen molar-refractivity contribution < 1.29 is 24.2 Å². The third-order valence-electron chi connectivity index (χ3n) is 3.96. The van der Waals surface area contributed by atoms with Crippen LogP contribution in [0, 0.1) is 0 Å². The molecular formula is C20H23NO5. The van der Waals surface area contributed by atoms with Crippen molar-refractivity contribution in [3.8, 4) is 0 Å². The first kappa shape index (κ1) is 19.5. The normalized spacial score (nSPS) is 12.8. The summed E-state index contributed by atoms with van der Waals surface area (Å²) in [7, 11) is 1.40. The number of carboxylic acids is 1. The van der Waals surface area contributed by atoms with E-state index in [0.717, 1.165) is 16.0 Å². The van der Waals surface area contributed by atoms with Gasteiger partial charge in [-0.15, -0.1) is 0 Å². The van der Waals surface area contributed by atoms with Crippen LogP contribution in [0.15, 0.2) is 60.7 Å². The number of amides is 1. The lowest BCUT2D eigenvalue weighted by Crippen LogP contribution is -2.49. The Balaban J connectivity index is 1.93. The SMILES string of the molecule is C[C@@H](OCc1ccccc1)[C@@H](C(=O)O)N(C)C(=O)OCc1ccccc1. The summed E-state index contributed by atoms with van der Waals surface area (Å²) >= 11 is 0. The third kappa shape index (κ3) is 5.60. The predicted molar refractivity (Wildman–Crippen MR) is 96.5 cm³/mol. The lowest BCUT2D eigenvalue weighted by molar-refractivity contribution is -0.148. The van der Waals surface area contributed by atoms with Gasteiger partial charge in [-0.2, -0.15) is 0 Å². The monoisotopic (exact) mass is 357 g/mol. The molecule has 0 aliphatic carbocycles. The molecule has 0 radical (unpaired) electrons. The molecule has 1 N–H and O–H groups in total. The maximum Gasteiger partial charge on any atom is 0.410 e. The van der Waals surface area contributed by atoms with E-state index in [4.69, 9.17) is 9.47 Å². The number of hydrogen-bond donors (Lipinski definition) is 1. The molecule has 6 heteroatoms. The first-order chi connectivity index (χ1) is 12.5. The molecule has 138 valence electrons. The summed E-state index contributed by atoms with van der Waals surface area (Å²) in [5.41, 5.74) is 1.76. The zero-order chi connectivity index (χ0) is 18.9. The molecule has 26 heavy (non-hydrogen) atoms. The highest BCUT2D eigenvalue weighted by Crippen LogP contribution is 2.13. The van der Waals surface area contributed by atoms with E-state index in [0.29, 0.717) is 0 Å². The number of carboxylic acid groups (broad SMARTS) is 1. The maximum absolute atomic E-state index is 12.2. The van der Waals surface area contributed by atoms with E-state index >= 15 is 0 Å². The Morgan fingerprint density at radius 2 is 1.46 bits per heavy atom. The highest BCUT2D eigenvalue weighted by Gasteiger charge is 2.33. The van der Waals surface area contributed by atoms with Crippen molar-refractivity contribution >= 4 is 12.1 Å². The molecule has 0 saturated heterocycles. The fraction of sp³-hybridized carbons (Fsp3) is 0.300. The van der Waals surface area contributed by atoms with Gasteiger partial charge in [-0.1, -0.05) is 60.7 Å². The van der Waals surface area contributed by atoms with Crippen molar-refractivity contribution in [3.63, 3.8) is 0 Å². The number of hydrogen-bond acceptors (Lipinski definition) is 4. The molecule has 0 heterocycles. The number of benzene rings is 2. The quantitative estimate of drug-likeness (QED) is 0.784. The Kier molecular flexibility index (Phi) is 7.17. The summed E-state index contributed by atoms with van der Waals surface area (Å²) in [4.78, 5) is 24.9. The highest BCUT2D eigenvalue weighted by atomic mass is 16.6. The van der Waals surface area contributed by atoms with Gasteiger partial charge in [0.15, 0.2) is 6.04 Å². The van der Waals surface area contributed by atoms with E-state index in [1.165, 1.54) is 7.05 Å². The Labute approximate surface area is 153 Å². The molecule has 0 aliphatic heterocycles. The van der Waals surface area contributed by atoms with Gasteiger partial charge in [0, 0.05) is 7.05 Å². The number of carbonyl (C=O) groups is 2. The van der Waals surface area contributed by atoms with E-state index in [9.17, 15) is 14.7 Å². The van der Waals surface area contributed by atoms with Crippen LogP contribution in [0.3, 0.4) is 0 Å². The summed E-state index contributed by atoms with van der Waals surface area (Å²) in [6.07, 6.45) is -1.42. The van der Waals surface area contributed by atoms with Crippen molar-refractivity contribution in [1.82, 2.24) is 4.90 Å². The van der Waals surface area contributed by atoms with Gasteiger partial charge in [0.05, 0.1) is 12.7 Å². The summed E-state index contributed by atoms with van der Waals surface area (Å²) < 4.78 is 10.9. The topological polar surface area (TPSA) is 76.1 Å². The van der Waals surface area contributed by atoms with Crippen molar-refractivity contribution in [2.24, 2.45) is 0 Å². The van der Waals surface area contributed by atoms with Gasteiger partial charge >= 0.3 is 12.1 Å². The number of ether oxygens (including phenoxy) is 2. The Morgan fingerprint density at radius 3 is 1.96 bits per heavy atom. The molecule has 0 aliphatic rings. The minimum atomic E-state index is -1.15. The van der Waals surface area contributed by atoms with Gasteiger partial charge < -0.3 is 14.6 Å². The van der Waals surface area contributed by atoms with Gasteiger partial charge in [-0.05, 0) is 18.1 Å². The zero-order valence-electron chi connectivity index (χ0n) is 14.9. The molecule has 1 amide bonds. The summed E-state index contributed by atoms with van der Waals surface area (Å²) in [6.45, 7) is 1.97. The average molecular weight is 357 g/mol. The van der Waals surface area contributed by atoms with E-state index < -0.39 is 24.2 Å². The van der Waals surface area contributed by atoms with Crippen LogP contribution in [0.1, 0.15) is 18.1 Å². The minimum Gasteiger partial charge on any atom is -0.480 e. The molecule has 0 saturated carbocycles. The van der Waals surface area contributed by atoms with Gasteiger partial charge in [-0.25, -0.2) is 9.59 Å². The second kappa shape index (κ2) is 9.58. The summed E-state index contributed by atoms with van der Waals surface area (Å²) in [5.74, 6) is -1.15. The van der Waals surface area contributed by atoms with Crippen molar-refractivity contribution in [3.05, 3.63) is 71.8 Å². The number of aliphatic carboxylic acids is 1. The van der Waals surface area contributed by atoms with Gasteiger partial charge in [0.2, 0.25) is 0 Å². The summed E-state index contributed by atoms with van der Waals surface area (Å²) in [6, 6.07) is 17.5. The molecule has 0 unspecified atom stereocenters. The van der Waals surface area contributed by atoms with Crippen molar-refractivity contribution in [2.75, 3.05) is 7.05 Å². The molecular weight excluding hydrogens is 334 g/mol. The van der Waals surface area contributed by atoms with Crippen LogP contribution in [-0.2, 0) is 27.5 Å². The second-order valence-corrected chi connectivity index (χ2v) is 5.94. The Bertz CT molecular complexity index is 705. The largest absolute Gasteiger partial charge is 0.480 e. The number of carbonyl (C=O) groups excluding carboxylic acids is 1. The van der Waals surface area contributed by atoms with Gasteiger partial charge in [-0.3, -0.25) is 4.90 Å². The van der Waals surface area contributed by atoms with Gasteiger partial charge in [0.25, 0.3) is 0 Å². The molecule has 2 atom stereocenters. The summed E-state index contributed by atoms with van der Waals surface area (Å²) in [5, 5.41) is 9.52. The molecule has 0 bridgehead atoms. The van der Waals surface area contributed by atoms with Crippen LogP contribution >= 0.6 is 0 Å². The minimum absolute atomic E-state index is 0.0790. The fourth-order valence-electron chi connectivity index (χ4n) is 2.51. The fourth-order valence-corrected chi connectivity index (χ4v) is 2.51. The predicted octanol–water partition coefficient (Wildman–Crippen LogP) is 3.31. The van der Waals surface area contributed by atoms with Crippen molar-refractivity contribution in [2.45, 2.75) is 32.3 Å². The maximum atomic E-state index is 12.2. The van der Waals surface area contributed by atoms with Crippen LogP contribution < -0.4 is 0 Å².